The molecule has 1 amide bonds. The van der Waals surface area contributed by atoms with Crippen LogP contribution in [-0.4, -0.2) is 18.0 Å². The van der Waals surface area contributed by atoms with E-state index in [2.05, 4.69) is 16.7 Å². The Balaban J connectivity index is 2.71. The number of nitrogens with one attached hydrogen (secondary N) is 2. The van der Waals surface area contributed by atoms with Crippen LogP contribution in [0, 0.1) is 11.3 Å². The van der Waals surface area contributed by atoms with E-state index >= 15 is 0 Å². The van der Waals surface area contributed by atoms with Gasteiger partial charge < -0.3 is 10.6 Å². The van der Waals surface area contributed by atoms with Crippen LogP contribution in [0.3, 0.4) is 0 Å². The van der Waals surface area contributed by atoms with Gasteiger partial charge in [-0.3, -0.25) is 4.79 Å². The van der Waals surface area contributed by atoms with Crippen molar-refractivity contribution < 1.29 is 4.79 Å². The summed E-state index contributed by atoms with van der Waals surface area (Å²) in [5, 5.41) is 14.9. The average molecular weight is 259 g/mol. The Bertz CT molecular complexity index is 471. The van der Waals surface area contributed by atoms with Crippen molar-refractivity contribution in [3.63, 3.8) is 0 Å². The van der Waals surface area contributed by atoms with Crippen LogP contribution in [0.4, 0.5) is 0 Å². The molecule has 2 N–H and O–H groups in total. The largest absolute Gasteiger partial charge is 0.348 e. The first-order valence-electron chi connectivity index (χ1n) is 6.46. The molecule has 0 bridgehead atoms. The molecule has 19 heavy (non-hydrogen) atoms. The van der Waals surface area contributed by atoms with Gasteiger partial charge in [-0.25, -0.2) is 0 Å². The number of amides is 1. The fraction of sp³-hybridized carbons (Fsp3) is 0.467. The van der Waals surface area contributed by atoms with E-state index in [9.17, 15) is 4.79 Å². The third-order valence-electron chi connectivity index (χ3n) is 3.07. The van der Waals surface area contributed by atoms with Crippen LogP contribution in [-0.2, 0) is 4.79 Å². The van der Waals surface area contributed by atoms with Gasteiger partial charge >= 0.3 is 0 Å². The lowest BCUT2D eigenvalue weighted by Gasteiger charge is -2.27. The lowest BCUT2D eigenvalue weighted by Crippen LogP contribution is -2.52. The number of nitriles is 1. The normalized spacial score (nSPS) is 12.6. The van der Waals surface area contributed by atoms with Gasteiger partial charge in [-0.15, -0.1) is 0 Å². The molecule has 1 atom stereocenters. The topological polar surface area (TPSA) is 64.9 Å². The van der Waals surface area contributed by atoms with E-state index in [-0.39, 0.29) is 11.9 Å². The van der Waals surface area contributed by atoms with Crippen molar-refractivity contribution in [2.75, 3.05) is 6.54 Å². The molecule has 0 saturated heterocycles. The van der Waals surface area contributed by atoms with Gasteiger partial charge in [-0.1, -0.05) is 19.1 Å². The molecule has 0 heterocycles. The number of carbonyl (C=O) groups is 1. The number of nitrogens with zero attached hydrogens (tertiary/aromatic N) is 1. The van der Waals surface area contributed by atoms with Crippen molar-refractivity contribution in [2.45, 2.75) is 39.3 Å². The molecule has 1 unspecified atom stereocenters. The molecular formula is C15H21N3O. The fourth-order valence-electron chi connectivity index (χ4n) is 1.83. The standard InChI is InChI=1S/C15H21N3O/c1-5-17-15(3,4)14(19)18-11(2)13-8-6-12(10-16)7-9-13/h6-9,11,17H,5H2,1-4H3,(H,18,19). The summed E-state index contributed by atoms with van der Waals surface area (Å²) in [5.74, 6) is -0.0359. The highest BCUT2D eigenvalue weighted by molar-refractivity contribution is 5.85. The van der Waals surface area contributed by atoms with Crippen molar-refractivity contribution >= 4 is 5.91 Å². The first-order valence-corrected chi connectivity index (χ1v) is 6.46. The molecule has 102 valence electrons. The summed E-state index contributed by atoms with van der Waals surface area (Å²) in [6.07, 6.45) is 0. The third-order valence-corrected chi connectivity index (χ3v) is 3.07. The van der Waals surface area contributed by atoms with E-state index in [0.29, 0.717) is 5.56 Å². The monoisotopic (exact) mass is 259 g/mol. The van der Waals surface area contributed by atoms with Crippen molar-refractivity contribution in [3.05, 3.63) is 35.4 Å². The minimum Gasteiger partial charge on any atom is -0.348 e. The first-order chi connectivity index (χ1) is 8.90. The summed E-state index contributed by atoms with van der Waals surface area (Å²) in [7, 11) is 0. The Hall–Kier alpha value is -1.86. The zero-order valence-electron chi connectivity index (χ0n) is 11.9. The molecule has 4 nitrogen and oxygen atoms in total. The van der Waals surface area contributed by atoms with Crippen LogP contribution in [0.2, 0.25) is 0 Å². The van der Waals surface area contributed by atoms with Gasteiger partial charge in [0.25, 0.3) is 0 Å². The van der Waals surface area contributed by atoms with Crippen LogP contribution >= 0.6 is 0 Å². The maximum absolute atomic E-state index is 12.1. The second-order valence-corrected chi connectivity index (χ2v) is 5.08. The van der Waals surface area contributed by atoms with Crippen molar-refractivity contribution in [1.82, 2.24) is 10.6 Å². The van der Waals surface area contributed by atoms with Crippen molar-refractivity contribution in [3.8, 4) is 6.07 Å². The average Bonchev–Trinajstić information content (AvgIpc) is 2.38. The van der Waals surface area contributed by atoms with E-state index in [4.69, 9.17) is 5.26 Å². The second-order valence-electron chi connectivity index (χ2n) is 5.08. The number of rotatable bonds is 5. The molecule has 0 spiro atoms. The highest BCUT2D eigenvalue weighted by Crippen LogP contribution is 2.14. The van der Waals surface area contributed by atoms with Crippen LogP contribution in [0.1, 0.15) is 44.9 Å². The van der Waals surface area contributed by atoms with Gasteiger partial charge in [-0.2, -0.15) is 5.26 Å². The molecule has 0 aliphatic rings. The Morgan fingerprint density at radius 2 is 1.95 bits per heavy atom. The summed E-state index contributed by atoms with van der Waals surface area (Å²) in [5.41, 5.74) is 1.02. The number of likely N-dealkylation sites (N-methyl/N-ethyl adjacent to an activating group) is 1. The zero-order chi connectivity index (χ0) is 14.5. The number of carbonyl (C=O) groups excluding carboxylic acids is 1. The van der Waals surface area contributed by atoms with E-state index in [1.165, 1.54) is 0 Å². The van der Waals surface area contributed by atoms with Gasteiger partial charge in [0, 0.05) is 0 Å². The van der Waals surface area contributed by atoms with Crippen molar-refractivity contribution in [2.24, 2.45) is 0 Å². The van der Waals surface area contributed by atoms with E-state index in [0.717, 1.165) is 12.1 Å². The molecule has 1 rings (SSSR count). The molecule has 4 heteroatoms. The van der Waals surface area contributed by atoms with E-state index in [1.54, 1.807) is 12.1 Å². The van der Waals surface area contributed by atoms with Crippen LogP contribution < -0.4 is 10.6 Å². The van der Waals surface area contributed by atoms with Gasteiger partial charge in [0.1, 0.15) is 0 Å². The van der Waals surface area contributed by atoms with Crippen molar-refractivity contribution in [1.29, 1.82) is 5.26 Å². The predicted octanol–water partition coefficient (Wildman–Crippen LogP) is 2.12. The number of hydrogen-bond acceptors (Lipinski definition) is 3. The quantitative estimate of drug-likeness (QED) is 0.851. The summed E-state index contributed by atoms with van der Waals surface area (Å²) in [4.78, 5) is 12.1. The summed E-state index contributed by atoms with van der Waals surface area (Å²) in [6.45, 7) is 8.36. The fourth-order valence-corrected chi connectivity index (χ4v) is 1.83. The smallest absolute Gasteiger partial charge is 0.240 e. The molecule has 1 aromatic rings. The molecule has 0 aliphatic carbocycles. The molecular weight excluding hydrogens is 238 g/mol. The lowest BCUT2D eigenvalue weighted by atomic mass is 10.0. The third kappa shape index (κ3) is 4.08. The highest BCUT2D eigenvalue weighted by Gasteiger charge is 2.27. The molecule has 0 saturated carbocycles. The van der Waals surface area contributed by atoms with E-state index in [1.807, 2.05) is 39.8 Å². The Labute approximate surface area is 114 Å². The maximum atomic E-state index is 12.1. The lowest BCUT2D eigenvalue weighted by molar-refractivity contribution is -0.127. The van der Waals surface area contributed by atoms with Gasteiger partial charge in [0.15, 0.2) is 0 Å². The number of benzene rings is 1. The van der Waals surface area contributed by atoms with Gasteiger partial charge in [0.2, 0.25) is 5.91 Å². The van der Waals surface area contributed by atoms with Crippen LogP contribution in [0.5, 0.6) is 0 Å². The van der Waals surface area contributed by atoms with E-state index < -0.39 is 5.54 Å². The van der Waals surface area contributed by atoms with Gasteiger partial charge in [0.05, 0.1) is 23.2 Å². The molecule has 0 fully saturated rings. The van der Waals surface area contributed by atoms with Crippen LogP contribution in [0.25, 0.3) is 0 Å². The summed E-state index contributed by atoms with van der Waals surface area (Å²) < 4.78 is 0. The minimum atomic E-state index is -0.588. The summed E-state index contributed by atoms with van der Waals surface area (Å²) in [6, 6.07) is 9.24. The Kier molecular flexibility index (Phi) is 5.08. The molecule has 0 aromatic heterocycles. The first kappa shape index (κ1) is 15.2. The number of hydrogen-bond donors (Lipinski definition) is 2. The highest BCUT2D eigenvalue weighted by atomic mass is 16.2. The Morgan fingerprint density at radius 1 is 1.37 bits per heavy atom. The zero-order valence-corrected chi connectivity index (χ0v) is 11.9. The predicted molar refractivity (Wildman–Crippen MR) is 75.5 cm³/mol. The Morgan fingerprint density at radius 3 is 2.42 bits per heavy atom. The SMILES string of the molecule is CCNC(C)(C)C(=O)NC(C)c1ccc(C#N)cc1. The minimum absolute atomic E-state index is 0.0359. The molecule has 0 aliphatic heterocycles. The molecule has 0 radical (unpaired) electrons. The van der Waals surface area contributed by atoms with Gasteiger partial charge in [-0.05, 0) is 45.0 Å². The molecule has 1 aromatic carbocycles. The summed E-state index contributed by atoms with van der Waals surface area (Å²) >= 11 is 0. The maximum Gasteiger partial charge on any atom is 0.240 e. The van der Waals surface area contributed by atoms with Crippen LogP contribution in [0.15, 0.2) is 24.3 Å². The second kappa shape index (κ2) is 6.35.